The number of nitrogens with zero attached hydrogens (tertiary/aromatic N) is 1. The van der Waals surface area contributed by atoms with Crippen LogP contribution in [0.5, 0.6) is 5.75 Å². The summed E-state index contributed by atoms with van der Waals surface area (Å²) in [6.07, 6.45) is -0.500. The maximum Gasteiger partial charge on any atom is 0.407 e. The highest BCUT2D eigenvalue weighted by Gasteiger charge is 2.18. The van der Waals surface area contributed by atoms with Crippen molar-refractivity contribution in [2.75, 3.05) is 13.7 Å². The standard InChI is InChI=1S/C23H23NO5S/c1-29-20-9-13-22(14-10-20)30(27,28)21-11-7-18(8-12-21)15-16-24(23(25)26)17-19-5-3-2-4-6-19/h2-14H,15-17H2,1H3,(H,25,26). The first-order chi connectivity index (χ1) is 14.4. The molecule has 3 aromatic carbocycles. The molecule has 0 aliphatic carbocycles. The van der Waals surface area contributed by atoms with Crippen molar-refractivity contribution in [3.63, 3.8) is 0 Å². The molecule has 6 nitrogen and oxygen atoms in total. The van der Waals surface area contributed by atoms with Crippen molar-refractivity contribution in [1.82, 2.24) is 4.90 Å². The highest BCUT2D eigenvalue weighted by Crippen LogP contribution is 2.23. The van der Waals surface area contributed by atoms with Gasteiger partial charge in [0.2, 0.25) is 9.84 Å². The molecule has 0 unspecified atom stereocenters. The fourth-order valence-corrected chi connectivity index (χ4v) is 4.30. The van der Waals surface area contributed by atoms with E-state index in [1.807, 2.05) is 30.3 Å². The molecular formula is C23H23NO5S. The first-order valence-electron chi connectivity index (χ1n) is 9.40. The van der Waals surface area contributed by atoms with Crippen LogP contribution in [0.4, 0.5) is 4.79 Å². The van der Waals surface area contributed by atoms with E-state index in [0.29, 0.717) is 25.3 Å². The molecule has 0 fully saturated rings. The van der Waals surface area contributed by atoms with E-state index in [1.165, 1.54) is 24.1 Å². The van der Waals surface area contributed by atoms with Crippen molar-refractivity contribution >= 4 is 15.9 Å². The van der Waals surface area contributed by atoms with Gasteiger partial charge in [0.05, 0.1) is 16.9 Å². The van der Waals surface area contributed by atoms with Gasteiger partial charge in [0.15, 0.2) is 0 Å². The first-order valence-corrected chi connectivity index (χ1v) is 10.9. The molecule has 0 aromatic heterocycles. The largest absolute Gasteiger partial charge is 0.497 e. The lowest BCUT2D eigenvalue weighted by Gasteiger charge is -2.19. The van der Waals surface area contributed by atoms with E-state index in [-0.39, 0.29) is 9.79 Å². The summed E-state index contributed by atoms with van der Waals surface area (Å²) in [5.74, 6) is 0.586. The number of carbonyl (C=O) groups is 1. The molecule has 3 rings (SSSR count). The van der Waals surface area contributed by atoms with Gasteiger partial charge in [-0.2, -0.15) is 0 Å². The molecule has 0 bridgehead atoms. The van der Waals surface area contributed by atoms with Gasteiger partial charge >= 0.3 is 6.09 Å². The Bertz CT molecular complexity index is 1080. The molecule has 0 aliphatic rings. The zero-order chi connectivity index (χ0) is 21.6. The van der Waals surface area contributed by atoms with Crippen LogP contribution >= 0.6 is 0 Å². The van der Waals surface area contributed by atoms with Crippen molar-refractivity contribution in [2.24, 2.45) is 0 Å². The maximum absolute atomic E-state index is 12.8. The Kier molecular flexibility index (Phi) is 6.74. The van der Waals surface area contributed by atoms with Gasteiger partial charge in [0, 0.05) is 13.1 Å². The van der Waals surface area contributed by atoms with E-state index in [1.54, 1.807) is 36.4 Å². The van der Waals surface area contributed by atoms with Gasteiger partial charge in [-0.25, -0.2) is 13.2 Å². The third-order valence-electron chi connectivity index (χ3n) is 4.76. The molecule has 3 aromatic rings. The van der Waals surface area contributed by atoms with E-state index in [4.69, 9.17) is 4.74 Å². The SMILES string of the molecule is COc1ccc(S(=O)(=O)c2ccc(CCN(Cc3ccccc3)C(=O)O)cc2)cc1. The number of rotatable bonds is 8. The smallest absolute Gasteiger partial charge is 0.407 e. The van der Waals surface area contributed by atoms with Crippen molar-refractivity contribution in [3.8, 4) is 5.75 Å². The molecule has 0 atom stereocenters. The number of carboxylic acid groups (broad SMARTS) is 1. The lowest BCUT2D eigenvalue weighted by atomic mass is 10.1. The van der Waals surface area contributed by atoms with Crippen LogP contribution in [0.3, 0.4) is 0 Å². The Hall–Kier alpha value is -3.32. The molecule has 0 radical (unpaired) electrons. The second-order valence-corrected chi connectivity index (χ2v) is 8.71. The van der Waals surface area contributed by atoms with Crippen molar-refractivity contribution in [2.45, 2.75) is 22.8 Å². The van der Waals surface area contributed by atoms with Crippen LogP contribution in [0.15, 0.2) is 88.7 Å². The van der Waals surface area contributed by atoms with Crippen molar-refractivity contribution in [3.05, 3.63) is 90.0 Å². The second-order valence-electron chi connectivity index (χ2n) is 6.76. The average molecular weight is 426 g/mol. The molecule has 0 heterocycles. The highest BCUT2D eigenvalue weighted by molar-refractivity contribution is 7.91. The zero-order valence-electron chi connectivity index (χ0n) is 16.6. The number of ether oxygens (including phenoxy) is 1. The van der Waals surface area contributed by atoms with Crippen LogP contribution in [-0.2, 0) is 22.8 Å². The Balaban J connectivity index is 1.67. The van der Waals surface area contributed by atoms with Crippen LogP contribution in [0.25, 0.3) is 0 Å². The monoisotopic (exact) mass is 425 g/mol. The van der Waals surface area contributed by atoms with Gasteiger partial charge in [-0.3, -0.25) is 0 Å². The lowest BCUT2D eigenvalue weighted by Crippen LogP contribution is -2.30. The van der Waals surface area contributed by atoms with E-state index in [0.717, 1.165) is 11.1 Å². The predicted molar refractivity (Wildman–Crippen MR) is 113 cm³/mol. The van der Waals surface area contributed by atoms with Gasteiger partial charge in [-0.1, -0.05) is 42.5 Å². The van der Waals surface area contributed by atoms with Crippen molar-refractivity contribution in [1.29, 1.82) is 0 Å². The Morgan fingerprint density at radius 1 is 0.867 bits per heavy atom. The second kappa shape index (κ2) is 9.45. The number of amides is 1. The number of hydrogen-bond acceptors (Lipinski definition) is 4. The van der Waals surface area contributed by atoms with Gasteiger partial charge in [-0.15, -0.1) is 0 Å². The summed E-state index contributed by atoms with van der Waals surface area (Å²) in [5, 5.41) is 9.46. The predicted octanol–water partition coefficient (Wildman–Crippen LogP) is 4.25. The van der Waals surface area contributed by atoms with Gasteiger partial charge in [0.25, 0.3) is 0 Å². The number of sulfone groups is 1. The number of benzene rings is 3. The molecular weight excluding hydrogens is 402 g/mol. The molecule has 0 saturated carbocycles. The number of hydrogen-bond donors (Lipinski definition) is 1. The molecule has 30 heavy (non-hydrogen) atoms. The molecule has 1 amide bonds. The molecule has 1 N–H and O–H groups in total. The Morgan fingerprint density at radius 2 is 1.43 bits per heavy atom. The highest BCUT2D eigenvalue weighted by atomic mass is 32.2. The summed E-state index contributed by atoms with van der Waals surface area (Å²) >= 11 is 0. The average Bonchev–Trinajstić information content (AvgIpc) is 2.77. The van der Waals surface area contributed by atoms with E-state index in [9.17, 15) is 18.3 Å². The quantitative estimate of drug-likeness (QED) is 0.583. The zero-order valence-corrected chi connectivity index (χ0v) is 17.4. The van der Waals surface area contributed by atoms with Crippen LogP contribution in [0.2, 0.25) is 0 Å². The fraction of sp³-hybridized carbons (Fsp3) is 0.174. The minimum absolute atomic E-state index is 0.191. The van der Waals surface area contributed by atoms with Gasteiger partial charge < -0.3 is 14.7 Å². The minimum Gasteiger partial charge on any atom is -0.497 e. The summed E-state index contributed by atoms with van der Waals surface area (Å²) in [6.45, 7) is 0.620. The first kappa shape index (κ1) is 21.4. The topological polar surface area (TPSA) is 83.9 Å². The summed E-state index contributed by atoms with van der Waals surface area (Å²) in [5.41, 5.74) is 1.78. The molecule has 156 valence electrons. The Morgan fingerprint density at radius 3 is 1.97 bits per heavy atom. The molecule has 0 spiro atoms. The van der Waals surface area contributed by atoms with E-state index in [2.05, 4.69) is 0 Å². The minimum atomic E-state index is -3.63. The van der Waals surface area contributed by atoms with Crippen LogP contribution in [0.1, 0.15) is 11.1 Å². The fourth-order valence-electron chi connectivity index (χ4n) is 3.04. The summed E-state index contributed by atoms with van der Waals surface area (Å²) in [7, 11) is -2.10. The summed E-state index contributed by atoms with van der Waals surface area (Å²) in [4.78, 5) is 13.3. The van der Waals surface area contributed by atoms with E-state index >= 15 is 0 Å². The number of methoxy groups -OCH3 is 1. The van der Waals surface area contributed by atoms with Gasteiger partial charge in [0.1, 0.15) is 5.75 Å². The van der Waals surface area contributed by atoms with Gasteiger partial charge in [-0.05, 0) is 53.9 Å². The maximum atomic E-state index is 12.8. The van der Waals surface area contributed by atoms with Crippen molar-refractivity contribution < 1.29 is 23.1 Å². The lowest BCUT2D eigenvalue weighted by molar-refractivity contribution is 0.143. The summed E-state index contributed by atoms with van der Waals surface area (Å²) < 4.78 is 30.6. The van der Waals surface area contributed by atoms with Crippen LogP contribution < -0.4 is 4.74 Å². The molecule has 0 aliphatic heterocycles. The third-order valence-corrected chi connectivity index (χ3v) is 6.55. The molecule has 0 saturated heterocycles. The van der Waals surface area contributed by atoms with Crippen LogP contribution in [0, 0.1) is 0 Å². The third kappa shape index (κ3) is 5.18. The van der Waals surface area contributed by atoms with Crippen LogP contribution in [-0.4, -0.2) is 38.2 Å². The molecule has 7 heteroatoms. The summed E-state index contributed by atoms with van der Waals surface area (Å²) in [6, 6.07) is 22.2. The Labute approximate surface area is 176 Å². The van der Waals surface area contributed by atoms with E-state index < -0.39 is 15.9 Å². The normalized spacial score (nSPS) is 11.1.